The monoisotopic (exact) mass is 227 g/mol. The van der Waals surface area contributed by atoms with Gasteiger partial charge in [0.2, 0.25) is 0 Å². The van der Waals surface area contributed by atoms with E-state index < -0.39 is 0 Å². The second-order valence-corrected chi connectivity index (χ2v) is 4.07. The number of aryl methyl sites for hydroxylation is 1. The number of nitrogen functional groups attached to an aromatic ring is 1. The largest absolute Gasteiger partial charge is 0.384 e. The molecule has 0 spiro atoms. The minimum Gasteiger partial charge on any atom is -0.384 e. The van der Waals surface area contributed by atoms with Crippen molar-refractivity contribution in [1.29, 1.82) is 0 Å². The molecule has 3 rings (SSSR count). The van der Waals surface area contributed by atoms with Crippen molar-refractivity contribution in [3.63, 3.8) is 0 Å². The van der Waals surface area contributed by atoms with Crippen LogP contribution >= 0.6 is 0 Å². The lowest BCUT2D eigenvalue weighted by Gasteiger charge is -1.96. The van der Waals surface area contributed by atoms with Gasteiger partial charge in [-0.25, -0.2) is 4.52 Å². The van der Waals surface area contributed by atoms with Gasteiger partial charge in [0.1, 0.15) is 11.5 Å². The highest BCUT2D eigenvalue weighted by Crippen LogP contribution is 2.28. The Balaban J connectivity index is 2.31. The van der Waals surface area contributed by atoms with Gasteiger partial charge in [-0.15, -0.1) is 0 Å². The highest BCUT2D eigenvalue weighted by molar-refractivity contribution is 5.81. The molecule has 0 amide bonds. The van der Waals surface area contributed by atoms with E-state index in [2.05, 4.69) is 10.2 Å². The Kier molecular flexibility index (Phi) is 1.95. The number of nitrogens with two attached hydrogens (primary N) is 1. The molecule has 0 saturated heterocycles. The Hall–Kier alpha value is -2.30. The van der Waals surface area contributed by atoms with Crippen LogP contribution in [0.2, 0.25) is 0 Å². The first-order chi connectivity index (χ1) is 8.18. The van der Waals surface area contributed by atoms with E-state index in [4.69, 9.17) is 5.73 Å². The van der Waals surface area contributed by atoms with Crippen LogP contribution in [-0.2, 0) is 7.05 Å². The average molecular weight is 227 g/mol. The van der Waals surface area contributed by atoms with Crippen LogP contribution in [0.1, 0.15) is 5.56 Å². The topological polar surface area (TPSA) is 61.1 Å². The fourth-order valence-corrected chi connectivity index (χ4v) is 2.02. The predicted molar refractivity (Wildman–Crippen MR) is 66.5 cm³/mol. The molecule has 0 radical (unpaired) electrons. The molecule has 0 unspecified atom stereocenters. The third-order valence-electron chi connectivity index (χ3n) is 3.02. The molecule has 0 aliphatic heterocycles. The molecule has 0 atom stereocenters. The highest BCUT2D eigenvalue weighted by atomic mass is 15.3. The van der Waals surface area contributed by atoms with Crippen LogP contribution in [0.3, 0.4) is 0 Å². The van der Waals surface area contributed by atoms with Crippen molar-refractivity contribution >= 4 is 11.3 Å². The van der Waals surface area contributed by atoms with E-state index in [-0.39, 0.29) is 0 Å². The summed E-state index contributed by atoms with van der Waals surface area (Å²) >= 11 is 0. The second-order valence-electron chi connectivity index (χ2n) is 4.07. The fraction of sp³-hybridized carbons (Fsp3) is 0.167. The van der Waals surface area contributed by atoms with Crippen molar-refractivity contribution in [3.05, 3.63) is 36.2 Å². The molecule has 5 nitrogen and oxygen atoms in total. The van der Waals surface area contributed by atoms with Gasteiger partial charge in [0, 0.05) is 24.4 Å². The van der Waals surface area contributed by atoms with Crippen LogP contribution in [0.4, 0.5) is 5.82 Å². The average Bonchev–Trinajstić information content (AvgIpc) is 2.86. The number of hydrogen-bond acceptors (Lipinski definition) is 3. The van der Waals surface area contributed by atoms with Crippen molar-refractivity contribution < 1.29 is 0 Å². The molecule has 2 N–H and O–H groups in total. The molecule has 0 bridgehead atoms. The van der Waals surface area contributed by atoms with Gasteiger partial charge >= 0.3 is 0 Å². The lowest BCUT2D eigenvalue weighted by Crippen LogP contribution is -1.97. The Labute approximate surface area is 98.5 Å². The summed E-state index contributed by atoms with van der Waals surface area (Å²) in [6, 6.07) is 5.96. The highest BCUT2D eigenvalue weighted by Gasteiger charge is 2.15. The quantitative estimate of drug-likeness (QED) is 0.687. The zero-order chi connectivity index (χ0) is 12.0. The van der Waals surface area contributed by atoms with E-state index >= 15 is 0 Å². The maximum Gasteiger partial charge on any atom is 0.124 e. The number of pyridine rings is 1. The summed E-state index contributed by atoms with van der Waals surface area (Å²) in [6.07, 6.45) is 3.74. The summed E-state index contributed by atoms with van der Waals surface area (Å²) < 4.78 is 3.52. The number of hydrogen-bond donors (Lipinski definition) is 1. The second kappa shape index (κ2) is 3.35. The molecule has 0 aliphatic rings. The third-order valence-corrected chi connectivity index (χ3v) is 3.02. The number of anilines is 1. The predicted octanol–water partition coefficient (Wildman–Crippen LogP) is 1.63. The molecular formula is C12H13N5. The normalized spacial score (nSPS) is 11.2. The smallest absolute Gasteiger partial charge is 0.124 e. The summed E-state index contributed by atoms with van der Waals surface area (Å²) in [6.45, 7) is 1.98. The minimum atomic E-state index is 0.690. The Morgan fingerprint density at radius 3 is 2.82 bits per heavy atom. The lowest BCUT2D eigenvalue weighted by molar-refractivity contribution is 0.782. The summed E-state index contributed by atoms with van der Waals surface area (Å²) in [5, 5.41) is 8.74. The van der Waals surface area contributed by atoms with Crippen LogP contribution < -0.4 is 5.73 Å². The Morgan fingerprint density at radius 2 is 2.12 bits per heavy atom. The first kappa shape index (κ1) is 9.89. The molecule has 3 heterocycles. The summed E-state index contributed by atoms with van der Waals surface area (Å²) in [5.41, 5.74) is 9.86. The van der Waals surface area contributed by atoms with Gasteiger partial charge in [-0.2, -0.15) is 10.2 Å². The van der Waals surface area contributed by atoms with E-state index in [9.17, 15) is 0 Å². The Morgan fingerprint density at radius 1 is 1.29 bits per heavy atom. The van der Waals surface area contributed by atoms with Gasteiger partial charge in [-0.05, 0) is 19.1 Å². The SMILES string of the molecule is Cc1c(-c2cnn3ccccc23)nn(C)c1N. The van der Waals surface area contributed by atoms with E-state index in [1.54, 1.807) is 4.68 Å². The van der Waals surface area contributed by atoms with Crippen molar-refractivity contribution in [2.24, 2.45) is 7.05 Å². The van der Waals surface area contributed by atoms with Crippen LogP contribution in [-0.4, -0.2) is 19.4 Å². The van der Waals surface area contributed by atoms with Gasteiger partial charge in [0.05, 0.1) is 11.7 Å². The maximum atomic E-state index is 5.93. The molecule has 3 aromatic heterocycles. The molecule has 0 aromatic carbocycles. The van der Waals surface area contributed by atoms with E-state index in [1.165, 1.54) is 0 Å². The standard InChI is InChI=1S/C12H13N5/c1-8-11(15-16(2)12(8)13)9-7-14-17-6-4-3-5-10(9)17/h3-7H,13H2,1-2H3. The molecule has 17 heavy (non-hydrogen) atoms. The molecule has 0 aliphatic carbocycles. The van der Waals surface area contributed by atoms with Crippen LogP contribution in [0.15, 0.2) is 30.6 Å². The zero-order valence-electron chi connectivity index (χ0n) is 9.75. The fourth-order valence-electron chi connectivity index (χ4n) is 2.02. The lowest BCUT2D eigenvalue weighted by atomic mass is 10.1. The van der Waals surface area contributed by atoms with Crippen molar-refractivity contribution in [2.45, 2.75) is 6.92 Å². The first-order valence-electron chi connectivity index (χ1n) is 5.40. The molecule has 0 fully saturated rings. The molecule has 3 aromatic rings. The van der Waals surface area contributed by atoms with E-state index in [0.29, 0.717) is 5.82 Å². The summed E-state index contributed by atoms with van der Waals surface area (Å²) in [4.78, 5) is 0. The van der Waals surface area contributed by atoms with Gasteiger partial charge < -0.3 is 5.73 Å². The number of nitrogens with zero attached hydrogens (tertiary/aromatic N) is 4. The van der Waals surface area contributed by atoms with Crippen LogP contribution in [0, 0.1) is 6.92 Å². The Bertz CT molecular complexity index is 692. The van der Waals surface area contributed by atoms with Crippen molar-refractivity contribution in [2.75, 3.05) is 5.73 Å². The zero-order valence-corrected chi connectivity index (χ0v) is 9.75. The first-order valence-corrected chi connectivity index (χ1v) is 5.40. The minimum absolute atomic E-state index is 0.690. The molecule has 5 heteroatoms. The summed E-state index contributed by atoms with van der Waals surface area (Å²) in [7, 11) is 1.84. The number of fused-ring (bicyclic) bond motifs is 1. The maximum absolute atomic E-state index is 5.93. The third kappa shape index (κ3) is 1.32. The molecular weight excluding hydrogens is 214 g/mol. The van der Waals surface area contributed by atoms with E-state index in [0.717, 1.165) is 22.3 Å². The van der Waals surface area contributed by atoms with Crippen molar-refractivity contribution in [3.8, 4) is 11.3 Å². The summed E-state index contributed by atoms with van der Waals surface area (Å²) in [5.74, 6) is 0.690. The van der Waals surface area contributed by atoms with Crippen LogP contribution in [0.5, 0.6) is 0 Å². The van der Waals surface area contributed by atoms with Gasteiger partial charge in [0.25, 0.3) is 0 Å². The van der Waals surface area contributed by atoms with E-state index in [1.807, 2.05) is 49.1 Å². The van der Waals surface area contributed by atoms with Gasteiger partial charge in [-0.1, -0.05) is 6.07 Å². The van der Waals surface area contributed by atoms with Gasteiger partial charge in [-0.3, -0.25) is 4.68 Å². The molecule has 86 valence electrons. The van der Waals surface area contributed by atoms with Gasteiger partial charge in [0.15, 0.2) is 0 Å². The number of rotatable bonds is 1. The molecule has 0 saturated carbocycles. The van der Waals surface area contributed by atoms with Crippen molar-refractivity contribution in [1.82, 2.24) is 19.4 Å². The number of aromatic nitrogens is 4. The van der Waals surface area contributed by atoms with Crippen LogP contribution in [0.25, 0.3) is 16.8 Å².